The molecule has 3 aliphatic rings. The maximum atomic E-state index is 13.6. The highest BCUT2D eigenvalue weighted by molar-refractivity contribution is 7.99. The van der Waals surface area contributed by atoms with Crippen LogP contribution < -0.4 is 25.3 Å². The summed E-state index contributed by atoms with van der Waals surface area (Å²) in [6.45, 7) is 0.987. The van der Waals surface area contributed by atoms with Gasteiger partial charge in [-0.05, 0) is 6.07 Å². The van der Waals surface area contributed by atoms with Crippen LogP contribution >= 0.6 is 23.5 Å². The van der Waals surface area contributed by atoms with Crippen molar-refractivity contribution in [1.29, 1.82) is 0 Å². The standard InChI is InChI=1S/C21H18N4O6S2/c1-29-11-7-9-10(8-12(11)30-2)31-17-15(19(28)25-4-6-33-21(25)23-17)13(9)14-16(26)22-20-24(18(14)27)3-5-32-20/h7-8,13,26H,3-6H2,1-2H3/t13-/m1/s1. The topological polar surface area (TPSA) is 118 Å². The number of aromatic hydroxyl groups is 1. The van der Waals surface area contributed by atoms with Crippen molar-refractivity contribution >= 4 is 23.5 Å². The van der Waals surface area contributed by atoms with Gasteiger partial charge in [-0.15, -0.1) is 0 Å². The predicted molar refractivity (Wildman–Crippen MR) is 121 cm³/mol. The summed E-state index contributed by atoms with van der Waals surface area (Å²) in [4.78, 5) is 36.0. The number of nitrogens with zero attached hydrogens (tertiary/aromatic N) is 4. The van der Waals surface area contributed by atoms with Gasteiger partial charge in [0.2, 0.25) is 11.8 Å². The van der Waals surface area contributed by atoms with Crippen LogP contribution in [0.15, 0.2) is 32.0 Å². The van der Waals surface area contributed by atoms with Gasteiger partial charge in [0.1, 0.15) is 5.75 Å². The van der Waals surface area contributed by atoms with E-state index in [1.54, 1.807) is 16.7 Å². The number of aromatic nitrogens is 4. The molecule has 0 spiro atoms. The molecule has 3 aliphatic heterocycles. The van der Waals surface area contributed by atoms with E-state index in [0.29, 0.717) is 52.0 Å². The molecule has 0 unspecified atom stereocenters. The summed E-state index contributed by atoms with van der Waals surface area (Å²) in [5.41, 5.74) is 0.0147. The van der Waals surface area contributed by atoms with E-state index in [2.05, 4.69) is 9.97 Å². The highest BCUT2D eigenvalue weighted by Crippen LogP contribution is 2.50. The molecule has 0 radical (unpaired) electrons. The SMILES string of the molecule is COc1cc2c(cc1OC)[C@H](c1c(O)nc3n(c1=O)CCS3)c1c(nc3n(c1=O)CCS3)O2. The maximum absolute atomic E-state index is 13.6. The fraction of sp³-hybridized carbons (Fsp3) is 0.333. The minimum atomic E-state index is -0.935. The van der Waals surface area contributed by atoms with E-state index >= 15 is 0 Å². The number of methoxy groups -OCH3 is 2. The second kappa shape index (κ2) is 7.45. The Kier molecular flexibility index (Phi) is 4.63. The first-order valence-corrected chi connectivity index (χ1v) is 12.2. The van der Waals surface area contributed by atoms with E-state index in [0.717, 1.165) is 5.75 Å². The van der Waals surface area contributed by atoms with Crippen LogP contribution in [0, 0.1) is 0 Å². The van der Waals surface area contributed by atoms with Crippen LogP contribution in [-0.2, 0) is 13.1 Å². The lowest BCUT2D eigenvalue weighted by atomic mass is 9.84. The first-order chi connectivity index (χ1) is 16.0. The molecule has 0 bridgehead atoms. The van der Waals surface area contributed by atoms with Crippen LogP contribution in [0.4, 0.5) is 0 Å². The van der Waals surface area contributed by atoms with Gasteiger partial charge in [-0.2, -0.15) is 9.97 Å². The Morgan fingerprint density at radius 2 is 1.58 bits per heavy atom. The van der Waals surface area contributed by atoms with Gasteiger partial charge in [-0.3, -0.25) is 18.7 Å². The maximum Gasteiger partial charge on any atom is 0.262 e. The molecule has 10 nitrogen and oxygen atoms in total. The van der Waals surface area contributed by atoms with E-state index < -0.39 is 11.8 Å². The molecule has 1 N–H and O–H groups in total. The van der Waals surface area contributed by atoms with Gasteiger partial charge in [0.15, 0.2) is 21.8 Å². The minimum absolute atomic E-state index is 0.0179. The molecular formula is C21H18N4O6S2. The number of hydrogen-bond donors (Lipinski definition) is 1. The van der Waals surface area contributed by atoms with Crippen LogP contribution in [-0.4, -0.2) is 49.9 Å². The average molecular weight is 487 g/mol. The molecule has 0 saturated heterocycles. The number of benzene rings is 1. The molecule has 5 heterocycles. The smallest absolute Gasteiger partial charge is 0.262 e. The summed E-state index contributed by atoms with van der Waals surface area (Å²) in [5.74, 6) is 1.38. The fourth-order valence-corrected chi connectivity index (χ4v) is 6.34. The predicted octanol–water partition coefficient (Wildman–Crippen LogP) is 2.02. The molecule has 2 aromatic heterocycles. The Balaban J connectivity index is 1.70. The van der Waals surface area contributed by atoms with Crippen LogP contribution in [0.1, 0.15) is 22.6 Å². The van der Waals surface area contributed by atoms with Crippen molar-refractivity contribution in [2.24, 2.45) is 0 Å². The van der Waals surface area contributed by atoms with E-state index in [-0.39, 0.29) is 28.1 Å². The first-order valence-electron chi connectivity index (χ1n) is 10.2. The van der Waals surface area contributed by atoms with Crippen LogP contribution in [0.25, 0.3) is 0 Å². The number of thioether (sulfide) groups is 2. The van der Waals surface area contributed by atoms with Crippen LogP contribution in [0.5, 0.6) is 29.0 Å². The molecule has 0 fully saturated rings. The highest BCUT2D eigenvalue weighted by Gasteiger charge is 2.40. The largest absolute Gasteiger partial charge is 0.493 e. The van der Waals surface area contributed by atoms with Crippen molar-refractivity contribution in [1.82, 2.24) is 19.1 Å². The fourth-order valence-electron chi connectivity index (χ4n) is 4.47. The molecule has 1 atom stereocenters. The Labute approximate surface area is 195 Å². The molecule has 0 saturated carbocycles. The Morgan fingerprint density at radius 3 is 2.24 bits per heavy atom. The Bertz CT molecular complexity index is 1420. The molecule has 12 heteroatoms. The summed E-state index contributed by atoms with van der Waals surface area (Å²) in [7, 11) is 3.00. The number of hydrogen-bond acceptors (Lipinski definition) is 10. The molecular weight excluding hydrogens is 468 g/mol. The van der Waals surface area contributed by atoms with Gasteiger partial charge in [0.05, 0.1) is 31.3 Å². The van der Waals surface area contributed by atoms with E-state index in [1.165, 1.54) is 42.3 Å². The first kappa shape index (κ1) is 20.5. The van der Waals surface area contributed by atoms with Gasteiger partial charge in [-0.1, -0.05) is 23.5 Å². The lowest BCUT2D eigenvalue weighted by molar-refractivity contribution is 0.347. The zero-order valence-corrected chi connectivity index (χ0v) is 19.3. The van der Waals surface area contributed by atoms with E-state index in [4.69, 9.17) is 14.2 Å². The van der Waals surface area contributed by atoms with E-state index in [1.807, 2.05) is 0 Å². The average Bonchev–Trinajstić information content (AvgIpc) is 3.47. The van der Waals surface area contributed by atoms with Crippen molar-refractivity contribution in [2.75, 3.05) is 25.7 Å². The lowest BCUT2D eigenvalue weighted by Crippen LogP contribution is -2.34. The lowest BCUT2D eigenvalue weighted by Gasteiger charge is -2.28. The molecule has 1 aromatic carbocycles. The van der Waals surface area contributed by atoms with Gasteiger partial charge in [0.25, 0.3) is 11.1 Å². The third kappa shape index (κ3) is 2.90. The zero-order chi connectivity index (χ0) is 22.9. The molecule has 170 valence electrons. The summed E-state index contributed by atoms with van der Waals surface area (Å²) in [6.07, 6.45) is 0. The summed E-state index contributed by atoms with van der Waals surface area (Å²) in [5, 5.41) is 11.9. The van der Waals surface area contributed by atoms with Crippen LogP contribution in [0.3, 0.4) is 0 Å². The third-order valence-electron chi connectivity index (χ3n) is 5.99. The number of fused-ring (bicyclic) bond motifs is 4. The van der Waals surface area contributed by atoms with Gasteiger partial charge >= 0.3 is 0 Å². The zero-order valence-electron chi connectivity index (χ0n) is 17.7. The molecule has 3 aromatic rings. The van der Waals surface area contributed by atoms with Gasteiger partial charge < -0.3 is 19.3 Å². The van der Waals surface area contributed by atoms with Crippen molar-refractivity contribution in [3.63, 3.8) is 0 Å². The normalized spacial score (nSPS) is 17.6. The van der Waals surface area contributed by atoms with Crippen LogP contribution in [0.2, 0.25) is 0 Å². The Morgan fingerprint density at radius 1 is 0.970 bits per heavy atom. The summed E-state index contributed by atoms with van der Waals surface area (Å²) < 4.78 is 20.0. The molecule has 6 rings (SSSR count). The highest BCUT2D eigenvalue weighted by atomic mass is 32.2. The summed E-state index contributed by atoms with van der Waals surface area (Å²) in [6, 6.07) is 3.30. The number of ether oxygens (including phenoxy) is 3. The van der Waals surface area contributed by atoms with Crippen molar-refractivity contribution in [2.45, 2.75) is 29.3 Å². The monoisotopic (exact) mass is 486 g/mol. The third-order valence-corrected chi connectivity index (χ3v) is 7.90. The Hall–Kier alpha value is -3.12. The van der Waals surface area contributed by atoms with Crippen molar-refractivity contribution in [3.05, 3.63) is 49.5 Å². The van der Waals surface area contributed by atoms with Gasteiger partial charge in [0, 0.05) is 36.2 Å². The molecule has 0 amide bonds. The second-order valence-corrected chi connectivity index (χ2v) is 9.76. The van der Waals surface area contributed by atoms with Crippen molar-refractivity contribution < 1.29 is 19.3 Å². The summed E-state index contributed by atoms with van der Waals surface area (Å²) >= 11 is 2.87. The quantitative estimate of drug-likeness (QED) is 0.431. The van der Waals surface area contributed by atoms with Gasteiger partial charge in [-0.25, -0.2) is 0 Å². The van der Waals surface area contributed by atoms with E-state index in [9.17, 15) is 14.7 Å². The number of rotatable bonds is 3. The van der Waals surface area contributed by atoms with Crippen molar-refractivity contribution in [3.8, 4) is 29.0 Å². The second-order valence-electron chi connectivity index (χ2n) is 7.64. The minimum Gasteiger partial charge on any atom is -0.493 e. The molecule has 0 aliphatic carbocycles. The molecule has 33 heavy (non-hydrogen) atoms.